The van der Waals surface area contributed by atoms with Crippen LogP contribution < -0.4 is 5.32 Å². The number of benzene rings is 2. The van der Waals surface area contributed by atoms with Crippen LogP contribution in [0.3, 0.4) is 0 Å². The van der Waals surface area contributed by atoms with E-state index in [9.17, 15) is 4.79 Å². The molecule has 4 rings (SSSR count). The second kappa shape index (κ2) is 7.16. The minimum absolute atomic E-state index is 0.0452. The van der Waals surface area contributed by atoms with Gasteiger partial charge >= 0.3 is 0 Å². The molecule has 1 aliphatic rings. The first kappa shape index (κ1) is 17.7. The van der Waals surface area contributed by atoms with Crippen molar-refractivity contribution in [2.24, 2.45) is 0 Å². The summed E-state index contributed by atoms with van der Waals surface area (Å²) in [5, 5.41) is 10.8. The normalized spacial score (nSPS) is 15.6. The molecule has 27 heavy (non-hydrogen) atoms. The molecular weight excluding hydrogens is 360 g/mol. The molecule has 0 unspecified atom stereocenters. The van der Waals surface area contributed by atoms with Crippen molar-refractivity contribution >= 4 is 23.2 Å². The van der Waals surface area contributed by atoms with E-state index in [-0.39, 0.29) is 5.91 Å². The molecule has 0 bridgehead atoms. The van der Waals surface area contributed by atoms with Crippen LogP contribution in [0.2, 0.25) is 5.02 Å². The zero-order valence-corrected chi connectivity index (χ0v) is 15.9. The lowest BCUT2D eigenvalue weighted by Crippen LogP contribution is -2.37. The van der Waals surface area contributed by atoms with Crippen LogP contribution in [0.1, 0.15) is 37.1 Å². The van der Waals surface area contributed by atoms with Crippen LogP contribution in [0, 0.1) is 6.92 Å². The van der Waals surface area contributed by atoms with Crippen molar-refractivity contribution in [3.05, 3.63) is 64.9 Å². The van der Waals surface area contributed by atoms with Crippen molar-refractivity contribution in [1.82, 2.24) is 15.2 Å². The molecule has 1 aliphatic carbocycles. The number of aromatic nitrogens is 3. The summed E-state index contributed by atoms with van der Waals surface area (Å²) >= 11 is 6.03. The molecule has 2 N–H and O–H groups in total. The summed E-state index contributed by atoms with van der Waals surface area (Å²) in [5.74, 6) is 1.47. The van der Waals surface area contributed by atoms with Gasteiger partial charge in [0.05, 0.1) is 5.41 Å². The Morgan fingerprint density at radius 2 is 1.74 bits per heavy atom. The van der Waals surface area contributed by atoms with Gasteiger partial charge in [0.1, 0.15) is 5.82 Å². The summed E-state index contributed by atoms with van der Waals surface area (Å²) in [6.07, 6.45) is 3.82. The van der Waals surface area contributed by atoms with Crippen LogP contribution in [0.15, 0.2) is 48.5 Å². The highest BCUT2D eigenvalue weighted by atomic mass is 35.5. The maximum Gasteiger partial charge on any atom is 0.235 e. The van der Waals surface area contributed by atoms with E-state index in [1.54, 1.807) is 0 Å². The smallest absolute Gasteiger partial charge is 0.235 e. The number of carbonyl (C=O) groups is 1. The first-order chi connectivity index (χ1) is 13.1. The second-order valence-corrected chi connectivity index (χ2v) is 7.51. The van der Waals surface area contributed by atoms with Gasteiger partial charge in [0.25, 0.3) is 0 Å². The Morgan fingerprint density at radius 1 is 1.07 bits per heavy atom. The third-order valence-corrected chi connectivity index (χ3v) is 5.54. The minimum atomic E-state index is -0.482. The molecule has 1 fully saturated rings. The topological polar surface area (TPSA) is 70.7 Å². The highest BCUT2D eigenvalue weighted by molar-refractivity contribution is 6.30. The third kappa shape index (κ3) is 3.47. The van der Waals surface area contributed by atoms with E-state index in [0.717, 1.165) is 48.3 Å². The Morgan fingerprint density at radius 3 is 2.33 bits per heavy atom. The number of halogens is 1. The van der Waals surface area contributed by atoms with E-state index < -0.39 is 5.41 Å². The number of nitrogens with one attached hydrogen (secondary N) is 2. The summed E-state index contributed by atoms with van der Waals surface area (Å²) in [5.41, 5.74) is 2.24. The maximum absolute atomic E-state index is 13.2. The first-order valence-electron chi connectivity index (χ1n) is 9.14. The fraction of sp³-hybridized carbons (Fsp3) is 0.286. The number of amides is 1. The maximum atomic E-state index is 13.2. The quantitative estimate of drug-likeness (QED) is 0.677. The number of H-pyrrole nitrogens is 1. The number of hydrogen-bond acceptors (Lipinski definition) is 3. The third-order valence-electron chi connectivity index (χ3n) is 5.29. The average Bonchev–Trinajstić information content (AvgIpc) is 3.33. The molecule has 1 saturated carbocycles. The number of aryl methyl sites for hydroxylation is 1. The Labute approximate surface area is 163 Å². The molecule has 0 spiro atoms. The van der Waals surface area contributed by atoms with E-state index in [2.05, 4.69) is 20.5 Å². The number of hydrogen-bond donors (Lipinski definition) is 2. The standard InChI is InChI=1S/C21H21ClN4O/c1-14-23-19(26-25-14)15-4-10-18(11-5-15)24-20(27)21(12-2-3-13-21)16-6-8-17(22)9-7-16/h4-11H,2-3,12-13H2,1H3,(H,24,27)(H,23,25,26). The van der Waals surface area contributed by atoms with E-state index in [1.165, 1.54) is 0 Å². The Kier molecular flexibility index (Phi) is 4.70. The van der Waals surface area contributed by atoms with Crippen LogP contribution in [0.5, 0.6) is 0 Å². The van der Waals surface area contributed by atoms with Crippen molar-refractivity contribution in [3.8, 4) is 11.4 Å². The number of aromatic amines is 1. The summed E-state index contributed by atoms with van der Waals surface area (Å²) in [6, 6.07) is 15.3. The van der Waals surface area contributed by atoms with Crippen LogP contribution in [0.4, 0.5) is 5.69 Å². The summed E-state index contributed by atoms with van der Waals surface area (Å²) in [6.45, 7) is 1.86. The lowest BCUT2D eigenvalue weighted by Gasteiger charge is -2.28. The van der Waals surface area contributed by atoms with Gasteiger partial charge in [-0.25, -0.2) is 4.98 Å². The van der Waals surface area contributed by atoms with Crippen molar-refractivity contribution in [3.63, 3.8) is 0 Å². The Bertz CT molecular complexity index is 941. The monoisotopic (exact) mass is 380 g/mol. The summed E-state index contributed by atoms with van der Waals surface area (Å²) in [4.78, 5) is 17.5. The lowest BCUT2D eigenvalue weighted by atomic mass is 9.78. The van der Waals surface area contributed by atoms with Crippen molar-refractivity contribution in [2.45, 2.75) is 38.0 Å². The molecule has 1 aromatic heterocycles. The van der Waals surface area contributed by atoms with E-state index in [1.807, 2.05) is 55.5 Å². The van der Waals surface area contributed by atoms with Gasteiger partial charge in [-0.05, 0) is 61.7 Å². The van der Waals surface area contributed by atoms with Crippen molar-refractivity contribution in [1.29, 1.82) is 0 Å². The van der Waals surface area contributed by atoms with Gasteiger partial charge in [0.2, 0.25) is 5.91 Å². The van der Waals surface area contributed by atoms with E-state index >= 15 is 0 Å². The van der Waals surface area contributed by atoms with Crippen LogP contribution in [-0.4, -0.2) is 21.1 Å². The van der Waals surface area contributed by atoms with Gasteiger partial charge in [-0.15, -0.1) is 0 Å². The summed E-state index contributed by atoms with van der Waals surface area (Å²) in [7, 11) is 0. The van der Waals surface area contributed by atoms with E-state index in [0.29, 0.717) is 10.8 Å². The molecular formula is C21H21ClN4O. The van der Waals surface area contributed by atoms with Gasteiger partial charge in [-0.1, -0.05) is 36.6 Å². The Balaban J connectivity index is 1.55. The fourth-order valence-electron chi connectivity index (χ4n) is 3.82. The summed E-state index contributed by atoms with van der Waals surface area (Å²) < 4.78 is 0. The van der Waals surface area contributed by atoms with Gasteiger partial charge in [0, 0.05) is 16.3 Å². The molecule has 2 aromatic carbocycles. The van der Waals surface area contributed by atoms with Crippen LogP contribution in [-0.2, 0) is 10.2 Å². The second-order valence-electron chi connectivity index (χ2n) is 7.07. The lowest BCUT2D eigenvalue weighted by molar-refractivity contribution is -0.121. The molecule has 0 radical (unpaired) electrons. The molecule has 0 aliphatic heterocycles. The SMILES string of the molecule is Cc1nc(-c2ccc(NC(=O)C3(c4ccc(Cl)cc4)CCCC3)cc2)n[nH]1. The molecule has 1 amide bonds. The van der Waals surface area contributed by atoms with Crippen molar-refractivity contribution in [2.75, 3.05) is 5.32 Å². The molecule has 1 heterocycles. The van der Waals surface area contributed by atoms with Gasteiger partial charge in [-0.2, -0.15) is 5.10 Å². The van der Waals surface area contributed by atoms with Gasteiger partial charge in [0.15, 0.2) is 5.82 Å². The minimum Gasteiger partial charge on any atom is -0.325 e. The zero-order valence-electron chi connectivity index (χ0n) is 15.1. The molecule has 0 saturated heterocycles. The molecule has 138 valence electrons. The number of carbonyl (C=O) groups excluding carboxylic acids is 1. The highest BCUT2D eigenvalue weighted by Crippen LogP contribution is 2.42. The molecule has 6 heteroatoms. The van der Waals surface area contributed by atoms with Crippen molar-refractivity contribution < 1.29 is 4.79 Å². The zero-order chi connectivity index (χ0) is 18.9. The first-order valence-corrected chi connectivity index (χ1v) is 9.52. The van der Waals surface area contributed by atoms with E-state index in [4.69, 9.17) is 11.6 Å². The molecule has 0 atom stereocenters. The van der Waals surface area contributed by atoms with Crippen LogP contribution >= 0.6 is 11.6 Å². The molecule has 3 aromatic rings. The Hall–Kier alpha value is -2.66. The number of nitrogens with zero attached hydrogens (tertiary/aromatic N) is 2. The predicted octanol–water partition coefficient (Wildman–Crippen LogP) is 4.88. The van der Waals surface area contributed by atoms with Gasteiger partial charge < -0.3 is 5.32 Å². The highest BCUT2D eigenvalue weighted by Gasteiger charge is 2.42. The number of rotatable bonds is 4. The predicted molar refractivity (Wildman–Crippen MR) is 107 cm³/mol. The largest absolute Gasteiger partial charge is 0.325 e. The van der Waals surface area contributed by atoms with Gasteiger partial charge in [-0.3, -0.25) is 9.89 Å². The van der Waals surface area contributed by atoms with Crippen LogP contribution in [0.25, 0.3) is 11.4 Å². The molecule has 5 nitrogen and oxygen atoms in total. The number of anilines is 1. The fourth-order valence-corrected chi connectivity index (χ4v) is 3.95. The average molecular weight is 381 g/mol.